The minimum atomic E-state index is -0.318. The fourth-order valence-electron chi connectivity index (χ4n) is 2.39. The van der Waals surface area contributed by atoms with E-state index in [4.69, 9.17) is 0 Å². The fourth-order valence-corrected chi connectivity index (χ4v) is 2.39. The molecule has 128 valence electrons. The van der Waals surface area contributed by atoms with Crippen molar-refractivity contribution in [2.75, 3.05) is 5.32 Å². The Hall–Kier alpha value is -2.95. The quantitative estimate of drug-likeness (QED) is 0.761. The number of nitrogens with one attached hydrogen (secondary N) is 1. The van der Waals surface area contributed by atoms with Crippen LogP contribution in [0.25, 0.3) is 5.69 Å². The molecule has 1 amide bonds. The summed E-state index contributed by atoms with van der Waals surface area (Å²) < 4.78 is 14.9. The summed E-state index contributed by atoms with van der Waals surface area (Å²) in [6.07, 6.45) is 0. The van der Waals surface area contributed by atoms with Gasteiger partial charge in [-0.2, -0.15) is 5.10 Å². The number of aromatic nitrogens is 2. The van der Waals surface area contributed by atoms with Gasteiger partial charge in [-0.1, -0.05) is 39.0 Å². The number of nitrogens with zero attached hydrogens (tertiary/aromatic N) is 2. The van der Waals surface area contributed by atoms with Gasteiger partial charge < -0.3 is 5.32 Å². The summed E-state index contributed by atoms with van der Waals surface area (Å²) in [7, 11) is 0. The molecule has 4 nitrogen and oxygen atoms in total. The lowest BCUT2D eigenvalue weighted by molar-refractivity contribution is 0.102. The lowest BCUT2D eigenvalue weighted by atomic mass is 9.92. The molecule has 1 N–H and O–H groups in total. The van der Waals surface area contributed by atoms with Crippen LogP contribution in [0.3, 0.4) is 0 Å². The third-order valence-electron chi connectivity index (χ3n) is 3.83. The molecule has 0 aliphatic heterocycles. The van der Waals surface area contributed by atoms with E-state index in [2.05, 4.69) is 10.4 Å². The molecule has 2 aromatic carbocycles. The van der Waals surface area contributed by atoms with Gasteiger partial charge >= 0.3 is 0 Å². The van der Waals surface area contributed by atoms with Gasteiger partial charge in [0.15, 0.2) is 0 Å². The molecule has 25 heavy (non-hydrogen) atoms. The zero-order valence-electron chi connectivity index (χ0n) is 14.5. The van der Waals surface area contributed by atoms with Gasteiger partial charge in [0.1, 0.15) is 11.6 Å². The van der Waals surface area contributed by atoms with Crippen molar-refractivity contribution in [1.29, 1.82) is 0 Å². The van der Waals surface area contributed by atoms with E-state index in [1.807, 2.05) is 45.0 Å². The largest absolute Gasteiger partial charge is 0.306 e. The number of carbonyl (C=O) groups is 1. The van der Waals surface area contributed by atoms with Crippen LogP contribution < -0.4 is 5.32 Å². The van der Waals surface area contributed by atoms with Gasteiger partial charge in [0.05, 0.1) is 11.4 Å². The van der Waals surface area contributed by atoms with E-state index in [-0.39, 0.29) is 17.1 Å². The lowest BCUT2D eigenvalue weighted by Gasteiger charge is -2.14. The van der Waals surface area contributed by atoms with Gasteiger partial charge in [-0.25, -0.2) is 9.07 Å². The second kappa shape index (κ2) is 6.51. The smallest absolute Gasteiger partial charge is 0.256 e. The second-order valence-corrected chi connectivity index (χ2v) is 6.87. The van der Waals surface area contributed by atoms with E-state index in [0.29, 0.717) is 17.1 Å². The molecule has 0 atom stereocenters. The normalized spacial score (nSPS) is 11.4. The van der Waals surface area contributed by atoms with E-state index in [1.165, 1.54) is 12.1 Å². The highest BCUT2D eigenvalue weighted by molar-refractivity contribution is 6.03. The highest BCUT2D eigenvalue weighted by Gasteiger charge is 2.21. The first kappa shape index (κ1) is 16.9. The summed E-state index contributed by atoms with van der Waals surface area (Å²) in [5, 5.41) is 7.51. The Morgan fingerprint density at radius 1 is 1.04 bits per heavy atom. The van der Waals surface area contributed by atoms with Crippen molar-refractivity contribution in [1.82, 2.24) is 9.78 Å². The summed E-state index contributed by atoms with van der Waals surface area (Å²) in [5.74, 6) is 0.0107. The molecule has 0 aliphatic rings. The minimum Gasteiger partial charge on any atom is -0.306 e. The van der Waals surface area contributed by atoms with Crippen LogP contribution >= 0.6 is 0 Å². The molecular weight excluding hydrogens is 317 g/mol. The first-order valence-corrected chi connectivity index (χ1v) is 8.07. The van der Waals surface area contributed by atoms with Crippen molar-refractivity contribution in [3.05, 3.63) is 77.7 Å². The minimum absolute atomic E-state index is 0.183. The standard InChI is InChI=1S/C20H20FN3O/c1-20(2,3)17-13-18(22-19(25)14-7-5-4-6-8-14)24(23-17)16-11-9-15(21)10-12-16/h4-13H,1-3H3,(H,22,25). The lowest BCUT2D eigenvalue weighted by Crippen LogP contribution is -2.15. The maximum Gasteiger partial charge on any atom is 0.256 e. The van der Waals surface area contributed by atoms with Crippen LogP contribution in [0.1, 0.15) is 36.8 Å². The monoisotopic (exact) mass is 337 g/mol. The Balaban J connectivity index is 2.00. The number of carbonyl (C=O) groups excluding carboxylic acids is 1. The Labute approximate surface area is 146 Å². The highest BCUT2D eigenvalue weighted by atomic mass is 19.1. The fraction of sp³-hybridized carbons (Fsp3) is 0.200. The number of halogens is 1. The molecule has 0 spiro atoms. The molecule has 0 radical (unpaired) electrons. The van der Waals surface area contributed by atoms with Crippen molar-refractivity contribution in [2.45, 2.75) is 26.2 Å². The third kappa shape index (κ3) is 3.76. The van der Waals surface area contributed by atoms with Crippen LogP contribution in [0.2, 0.25) is 0 Å². The van der Waals surface area contributed by atoms with Crippen LogP contribution in [-0.4, -0.2) is 15.7 Å². The molecule has 0 unspecified atom stereocenters. The molecule has 0 bridgehead atoms. The van der Waals surface area contributed by atoms with E-state index in [0.717, 1.165) is 5.69 Å². The zero-order valence-corrected chi connectivity index (χ0v) is 14.5. The van der Waals surface area contributed by atoms with Gasteiger partial charge in [-0.15, -0.1) is 0 Å². The predicted molar refractivity (Wildman–Crippen MR) is 96.6 cm³/mol. The average Bonchev–Trinajstić information content (AvgIpc) is 3.00. The molecule has 0 saturated heterocycles. The Bertz CT molecular complexity index is 878. The van der Waals surface area contributed by atoms with E-state index >= 15 is 0 Å². The number of benzene rings is 2. The van der Waals surface area contributed by atoms with Gasteiger partial charge in [-0.3, -0.25) is 4.79 Å². The molecule has 0 aliphatic carbocycles. The molecule has 3 aromatic rings. The van der Waals surface area contributed by atoms with Crippen LogP contribution in [0.4, 0.5) is 10.2 Å². The summed E-state index contributed by atoms with van der Waals surface area (Å²) in [5.41, 5.74) is 1.89. The average molecular weight is 337 g/mol. The number of hydrogen-bond acceptors (Lipinski definition) is 2. The first-order valence-electron chi connectivity index (χ1n) is 8.07. The maximum absolute atomic E-state index is 13.2. The highest BCUT2D eigenvalue weighted by Crippen LogP contribution is 2.26. The summed E-state index contributed by atoms with van der Waals surface area (Å²) in [6, 6.07) is 16.8. The zero-order chi connectivity index (χ0) is 18.0. The first-order chi connectivity index (χ1) is 11.8. The topological polar surface area (TPSA) is 46.9 Å². The molecule has 1 aromatic heterocycles. The van der Waals surface area contributed by atoms with Gasteiger partial charge in [0.2, 0.25) is 0 Å². The summed E-state index contributed by atoms with van der Waals surface area (Å²) in [6.45, 7) is 6.15. The molecule has 5 heteroatoms. The second-order valence-electron chi connectivity index (χ2n) is 6.87. The number of rotatable bonds is 3. The predicted octanol–water partition coefficient (Wildman–Crippen LogP) is 4.56. The van der Waals surface area contributed by atoms with Crippen LogP contribution in [-0.2, 0) is 5.41 Å². The molecule has 0 fully saturated rings. The number of amides is 1. The molecule has 0 saturated carbocycles. The van der Waals surface area contributed by atoms with Gasteiger partial charge in [0, 0.05) is 17.0 Å². The molecule has 1 heterocycles. The van der Waals surface area contributed by atoms with Crippen molar-refractivity contribution >= 4 is 11.7 Å². The van der Waals surface area contributed by atoms with Gasteiger partial charge in [-0.05, 0) is 36.4 Å². The SMILES string of the molecule is CC(C)(C)c1cc(NC(=O)c2ccccc2)n(-c2ccc(F)cc2)n1. The van der Waals surface area contributed by atoms with Crippen molar-refractivity contribution < 1.29 is 9.18 Å². The van der Waals surface area contributed by atoms with Crippen molar-refractivity contribution in [3.8, 4) is 5.69 Å². The van der Waals surface area contributed by atoms with Crippen molar-refractivity contribution in [3.63, 3.8) is 0 Å². The van der Waals surface area contributed by atoms with Crippen LogP contribution in [0, 0.1) is 5.82 Å². The van der Waals surface area contributed by atoms with Crippen LogP contribution in [0.5, 0.6) is 0 Å². The van der Waals surface area contributed by atoms with E-state index in [1.54, 1.807) is 28.9 Å². The van der Waals surface area contributed by atoms with Gasteiger partial charge in [0.25, 0.3) is 5.91 Å². The summed E-state index contributed by atoms with van der Waals surface area (Å²) in [4.78, 5) is 12.5. The molecule has 3 rings (SSSR count). The maximum atomic E-state index is 13.2. The van der Waals surface area contributed by atoms with Crippen molar-refractivity contribution in [2.24, 2.45) is 0 Å². The number of hydrogen-bond donors (Lipinski definition) is 1. The Kier molecular flexibility index (Phi) is 4.40. The number of anilines is 1. The van der Waals surface area contributed by atoms with E-state index in [9.17, 15) is 9.18 Å². The Morgan fingerprint density at radius 3 is 2.28 bits per heavy atom. The van der Waals surface area contributed by atoms with Crippen LogP contribution in [0.15, 0.2) is 60.7 Å². The Morgan fingerprint density at radius 2 is 1.68 bits per heavy atom. The third-order valence-corrected chi connectivity index (χ3v) is 3.83. The van der Waals surface area contributed by atoms with E-state index < -0.39 is 0 Å². The molecular formula is C20H20FN3O. The summed E-state index contributed by atoms with van der Waals surface area (Å²) >= 11 is 0.